The molecule has 0 atom stereocenters. The number of nitrogens with one attached hydrogen (secondary N) is 1. The molecule has 19 heavy (non-hydrogen) atoms. The van der Waals surface area contributed by atoms with Gasteiger partial charge in [0.05, 0.1) is 0 Å². The highest BCUT2D eigenvalue weighted by atomic mass is 79.9. The minimum absolute atomic E-state index is 0.892. The van der Waals surface area contributed by atoms with Gasteiger partial charge in [0.1, 0.15) is 0 Å². The molecule has 1 aliphatic heterocycles. The largest absolute Gasteiger partial charge is 0.363 e. The first-order valence-corrected chi connectivity index (χ1v) is 7.89. The van der Waals surface area contributed by atoms with Crippen molar-refractivity contribution in [2.24, 2.45) is 0 Å². The van der Waals surface area contributed by atoms with Crippen LogP contribution in [0.1, 0.15) is 12.5 Å². The minimum Gasteiger partial charge on any atom is -0.363 e. The van der Waals surface area contributed by atoms with Gasteiger partial charge < -0.3 is 10.2 Å². The van der Waals surface area contributed by atoms with Gasteiger partial charge in [-0.1, -0.05) is 34.1 Å². The van der Waals surface area contributed by atoms with Crippen molar-refractivity contribution in [1.29, 1.82) is 0 Å². The Bertz CT molecular complexity index is 430. The number of nitrogens with zero attached hydrogens (tertiary/aromatic N) is 2. The molecule has 0 saturated carbocycles. The van der Waals surface area contributed by atoms with E-state index in [1.54, 1.807) is 0 Å². The zero-order valence-electron chi connectivity index (χ0n) is 11.2. The van der Waals surface area contributed by atoms with Crippen LogP contribution in [0.15, 0.2) is 28.7 Å². The minimum atomic E-state index is 0.892. The van der Waals surface area contributed by atoms with Gasteiger partial charge in [-0.3, -0.25) is 4.90 Å². The van der Waals surface area contributed by atoms with Gasteiger partial charge in [0.25, 0.3) is 0 Å². The zero-order valence-corrected chi connectivity index (χ0v) is 13.6. The molecular formula is C14H20BrN3S. The first-order valence-electron chi connectivity index (χ1n) is 6.69. The van der Waals surface area contributed by atoms with E-state index in [-0.39, 0.29) is 0 Å². The highest BCUT2D eigenvalue weighted by Gasteiger charge is 2.18. The van der Waals surface area contributed by atoms with Crippen molar-refractivity contribution in [3.05, 3.63) is 34.3 Å². The molecule has 5 heteroatoms. The summed E-state index contributed by atoms with van der Waals surface area (Å²) in [6.07, 6.45) is 0. The summed E-state index contributed by atoms with van der Waals surface area (Å²) in [7, 11) is 0. The molecule has 1 saturated heterocycles. The van der Waals surface area contributed by atoms with Crippen molar-refractivity contribution in [2.45, 2.75) is 13.5 Å². The summed E-state index contributed by atoms with van der Waals surface area (Å²) < 4.78 is 1.20. The van der Waals surface area contributed by atoms with Crippen molar-refractivity contribution in [3.63, 3.8) is 0 Å². The summed E-state index contributed by atoms with van der Waals surface area (Å²) in [6, 6.07) is 8.43. The normalized spacial score (nSPS) is 16.4. The van der Waals surface area contributed by atoms with E-state index >= 15 is 0 Å². The summed E-state index contributed by atoms with van der Waals surface area (Å²) in [5.41, 5.74) is 1.35. The Hall–Kier alpha value is -0.650. The average Bonchev–Trinajstić information content (AvgIpc) is 2.42. The van der Waals surface area contributed by atoms with Gasteiger partial charge in [0.2, 0.25) is 0 Å². The maximum absolute atomic E-state index is 5.35. The molecule has 1 aliphatic rings. The second-order valence-corrected chi connectivity index (χ2v) is 5.93. The Labute approximate surface area is 129 Å². The Morgan fingerprint density at radius 3 is 2.58 bits per heavy atom. The molecule has 1 aromatic carbocycles. The van der Waals surface area contributed by atoms with Crippen LogP contribution in [0.3, 0.4) is 0 Å². The summed E-state index contributed by atoms with van der Waals surface area (Å²) in [4.78, 5) is 4.74. The lowest BCUT2D eigenvalue weighted by molar-refractivity contribution is 0.174. The van der Waals surface area contributed by atoms with Crippen molar-refractivity contribution in [1.82, 2.24) is 15.1 Å². The highest BCUT2D eigenvalue weighted by molar-refractivity contribution is 9.10. The number of thiocarbonyl (C=S) groups is 1. The second kappa shape index (κ2) is 7.22. The van der Waals surface area contributed by atoms with Crippen LogP contribution >= 0.6 is 28.1 Å². The van der Waals surface area contributed by atoms with Crippen molar-refractivity contribution in [2.75, 3.05) is 32.7 Å². The van der Waals surface area contributed by atoms with E-state index in [1.807, 2.05) is 0 Å². The van der Waals surface area contributed by atoms with Crippen LogP contribution in [0.4, 0.5) is 0 Å². The van der Waals surface area contributed by atoms with E-state index in [4.69, 9.17) is 12.2 Å². The van der Waals surface area contributed by atoms with Crippen LogP contribution < -0.4 is 5.32 Å². The molecule has 0 aliphatic carbocycles. The molecule has 3 nitrogen and oxygen atoms in total. The molecule has 0 bridgehead atoms. The van der Waals surface area contributed by atoms with Gasteiger partial charge in [0.15, 0.2) is 5.11 Å². The van der Waals surface area contributed by atoms with E-state index < -0.39 is 0 Å². The predicted molar refractivity (Wildman–Crippen MR) is 87.3 cm³/mol. The Balaban J connectivity index is 1.84. The highest BCUT2D eigenvalue weighted by Crippen LogP contribution is 2.18. The molecule has 0 amide bonds. The number of piperazine rings is 1. The molecule has 1 fully saturated rings. The molecule has 0 aromatic heterocycles. The number of halogens is 1. The van der Waals surface area contributed by atoms with Crippen LogP contribution in [0.2, 0.25) is 0 Å². The van der Waals surface area contributed by atoms with Crippen LogP contribution in [0, 0.1) is 0 Å². The van der Waals surface area contributed by atoms with Gasteiger partial charge in [-0.05, 0) is 30.8 Å². The zero-order chi connectivity index (χ0) is 13.7. The first-order chi connectivity index (χ1) is 9.20. The summed E-state index contributed by atoms with van der Waals surface area (Å²) in [6.45, 7) is 8.13. The lowest BCUT2D eigenvalue weighted by atomic mass is 10.2. The fourth-order valence-electron chi connectivity index (χ4n) is 2.24. The molecule has 0 spiro atoms. The quantitative estimate of drug-likeness (QED) is 0.851. The fraction of sp³-hybridized carbons (Fsp3) is 0.500. The van der Waals surface area contributed by atoms with E-state index in [2.05, 4.69) is 62.2 Å². The molecule has 2 rings (SSSR count). The maximum atomic E-state index is 5.35. The topological polar surface area (TPSA) is 18.5 Å². The SMILES string of the molecule is CCNC(=S)N1CCN(Cc2ccccc2Br)CC1. The molecular weight excluding hydrogens is 322 g/mol. The third kappa shape index (κ3) is 4.16. The predicted octanol–water partition coefficient (Wildman–Crippen LogP) is 2.46. The molecule has 0 unspecified atom stereocenters. The van der Waals surface area contributed by atoms with E-state index in [0.29, 0.717) is 0 Å². The monoisotopic (exact) mass is 341 g/mol. The molecule has 1 heterocycles. The van der Waals surface area contributed by atoms with E-state index in [9.17, 15) is 0 Å². The maximum Gasteiger partial charge on any atom is 0.169 e. The summed E-state index contributed by atoms with van der Waals surface area (Å²) >= 11 is 8.96. The Morgan fingerprint density at radius 2 is 1.95 bits per heavy atom. The number of hydrogen-bond donors (Lipinski definition) is 1. The van der Waals surface area contributed by atoms with Crippen LogP contribution in [-0.4, -0.2) is 47.6 Å². The third-order valence-electron chi connectivity index (χ3n) is 3.34. The van der Waals surface area contributed by atoms with Crippen LogP contribution in [0.5, 0.6) is 0 Å². The van der Waals surface area contributed by atoms with Gasteiger partial charge in [-0.2, -0.15) is 0 Å². The Kier molecular flexibility index (Phi) is 5.60. The van der Waals surface area contributed by atoms with Crippen molar-refractivity contribution in [3.8, 4) is 0 Å². The first kappa shape index (κ1) is 14.8. The van der Waals surface area contributed by atoms with Gasteiger partial charge >= 0.3 is 0 Å². The van der Waals surface area contributed by atoms with Gasteiger partial charge in [0, 0.05) is 43.7 Å². The van der Waals surface area contributed by atoms with E-state index in [0.717, 1.165) is 44.4 Å². The number of hydrogen-bond acceptors (Lipinski definition) is 2. The lowest BCUT2D eigenvalue weighted by Crippen LogP contribution is -2.51. The van der Waals surface area contributed by atoms with Crippen molar-refractivity contribution < 1.29 is 0 Å². The van der Waals surface area contributed by atoms with Gasteiger partial charge in [-0.25, -0.2) is 0 Å². The van der Waals surface area contributed by atoms with Crippen molar-refractivity contribution >= 4 is 33.3 Å². The fourth-order valence-corrected chi connectivity index (χ4v) is 2.98. The average molecular weight is 342 g/mol. The molecule has 0 radical (unpaired) electrons. The third-order valence-corrected chi connectivity index (χ3v) is 4.52. The smallest absolute Gasteiger partial charge is 0.169 e. The molecule has 1 N–H and O–H groups in total. The second-order valence-electron chi connectivity index (χ2n) is 4.69. The number of rotatable bonds is 3. The van der Waals surface area contributed by atoms with Crippen LogP contribution in [-0.2, 0) is 6.54 Å². The molecule has 104 valence electrons. The Morgan fingerprint density at radius 1 is 1.26 bits per heavy atom. The lowest BCUT2D eigenvalue weighted by Gasteiger charge is -2.36. The molecule has 1 aromatic rings. The summed E-state index contributed by atoms with van der Waals surface area (Å²) in [5.74, 6) is 0. The van der Waals surface area contributed by atoms with E-state index in [1.165, 1.54) is 10.0 Å². The summed E-state index contributed by atoms with van der Waals surface area (Å²) in [5, 5.41) is 4.11. The van der Waals surface area contributed by atoms with Gasteiger partial charge in [-0.15, -0.1) is 0 Å². The number of benzene rings is 1. The van der Waals surface area contributed by atoms with Crippen LogP contribution in [0.25, 0.3) is 0 Å². The standard InChI is InChI=1S/C14H20BrN3S/c1-2-16-14(19)18-9-7-17(8-10-18)11-12-5-3-4-6-13(12)15/h3-6H,2,7-11H2,1H3,(H,16,19).